The van der Waals surface area contributed by atoms with Gasteiger partial charge in [0.25, 0.3) is 0 Å². The molecule has 96 valence electrons. The second-order valence-corrected chi connectivity index (χ2v) is 3.92. The first-order valence-electron chi connectivity index (χ1n) is 5.82. The number of hydrogen-bond acceptors (Lipinski definition) is 6. The maximum Gasteiger partial charge on any atom is 0.139 e. The predicted molar refractivity (Wildman–Crippen MR) is 73.2 cm³/mol. The van der Waals surface area contributed by atoms with Crippen LogP contribution in [0.3, 0.4) is 0 Å². The van der Waals surface area contributed by atoms with Crippen LogP contribution in [0.15, 0.2) is 30.5 Å². The summed E-state index contributed by atoms with van der Waals surface area (Å²) in [6.07, 6.45) is 1.73. The van der Waals surface area contributed by atoms with E-state index in [0.29, 0.717) is 11.6 Å². The summed E-state index contributed by atoms with van der Waals surface area (Å²) in [6, 6.07) is 9.49. The lowest BCUT2D eigenvalue weighted by Crippen LogP contribution is -2.14. The van der Waals surface area contributed by atoms with Gasteiger partial charge in [0.15, 0.2) is 0 Å². The summed E-state index contributed by atoms with van der Waals surface area (Å²) in [4.78, 5) is 14.7. The molecule has 1 N–H and O–H groups in total. The molecule has 0 aliphatic heterocycles. The molecule has 0 saturated heterocycles. The minimum atomic E-state index is 0.212. The Morgan fingerprint density at radius 3 is 2.84 bits per heavy atom. The third kappa shape index (κ3) is 3.16. The summed E-state index contributed by atoms with van der Waals surface area (Å²) in [6.45, 7) is 2.02. The van der Waals surface area contributed by atoms with E-state index in [4.69, 9.17) is 5.26 Å². The summed E-state index contributed by atoms with van der Waals surface area (Å²) in [5.74, 6) is 2.80. The normalized spacial score (nSPS) is 9.74. The molecule has 2 aromatic rings. The van der Waals surface area contributed by atoms with Crippen LogP contribution in [-0.2, 0) is 0 Å². The van der Waals surface area contributed by atoms with Gasteiger partial charge in [-0.25, -0.2) is 15.0 Å². The van der Waals surface area contributed by atoms with Crippen molar-refractivity contribution in [2.75, 3.05) is 23.8 Å². The molecule has 0 fully saturated rings. The molecule has 2 aromatic heterocycles. The molecule has 6 heteroatoms. The van der Waals surface area contributed by atoms with Crippen molar-refractivity contribution in [1.29, 1.82) is 5.26 Å². The average molecular weight is 254 g/mol. The van der Waals surface area contributed by atoms with Gasteiger partial charge in [0.2, 0.25) is 0 Å². The lowest BCUT2D eigenvalue weighted by Gasteiger charge is -2.18. The van der Waals surface area contributed by atoms with E-state index in [-0.39, 0.29) is 6.54 Å². The molecule has 0 aliphatic rings. The molecule has 0 spiro atoms. The quantitative estimate of drug-likeness (QED) is 0.839. The van der Waals surface area contributed by atoms with Gasteiger partial charge in [0, 0.05) is 19.3 Å². The first-order valence-corrected chi connectivity index (χ1v) is 5.82. The van der Waals surface area contributed by atoms with Crippen molar-refractivity contribution < 1.29 is 0 Å². The number of aromatic nitrogens is 3. The monoisotopic (exact) mass is 254 g/mol. The number of hydrogen-bond donors (Lipinski definition) is 1. The molecule has 2 heterocycles. The standard InChI is InChI=1S/C13H14N6/c1-10-17-11(15-8-6-14)9-13(18-10)19(2)12-5-3-4-7-16-12/h3-5,7,9H,8H2,1-2H3,(H,15,17,18). The average Bonchev–Trinajstić information content (AvgIpc) is 2.44. The zero-order valence-electron chi connectivity index (χ0n) is 10.8. The van der Waals surface area contributed by atoms with Gasteiger partial charge in [0.05, 0.1) is 6.07 Å². The summed E-state index contributed by atoms with van der Waals surface area (Å²) >= 11 is 0. The van der Waals surface area contributed by atoms with E-state index in [0.717, 1.165) is 11.6 Å². The van der Waals surface area contributed by atoms with E-state index in [1.54, 1.807) is 12.3 Å². The maximum atomic E-state index is 8.58. The number of nitriles is 1. The lowest BCUT2D eigenvalue weighted by atomic mass is 10.4. The van der Waals surface area contributed by atoms with Gasteiger partial charge in [-0.05, 0) is 19.1 Å². The molecule has 0 atom stereocenters. The summed E-state index contributed by atoms with van der Waals surface area (Å²) in [7, 11) is 1.89. The smallest absolute Gasteiger partial charge is 0.139 e. The van der Waals surface area contributed by atoms with Crippen LogP contribution in [0.1, 0.15) is 5.82 Å². The van der Waals surface area contributed by atoms with Crippen molar-refractivity contribution in [2.24, 2.45) is 0 Å². The van der Waals surface area contributed by atoms with Crippen LogP contribution in [0, 0.1) is 18.3 Å². The SMILES string of the molecule is Cc1nc(NCC#N)cc(N(C)c2ccccn2)n1. The molecule has 0 aromatic carbocycles. The van der Waals surface area contributed by atoms with Gasteiger partial charge in [-0.3, -0.25) is 0 Å². The van der Waals surface area contributed by atoms with Crippen LogP contribution < -0.4 is 10.2 Å². The van der Waals surface area contributed by atoms with Crippen molar-refractivity contribution >= 4 is 17.5 Å². The third-order valence-electron chi connectivity index (χ3n) is 2.51. The van der Waals surface area contributed by atoms with Crippen LogP contribution in [0.4, 0.5) is 17.5 Å². The third-order valence-corrected chi connectivity index (χ3v) is 2.51. The molecule has 0 radical (unpaired) electrons. The molecule has 0 amide bonds. The Balaban J connectivity index is 2.29. The Hall–Kier alpha value is -2.68. The maximum absolute atomic E-state index is 8.58. The molecular formula is C13H14N6. The number of anilines is 3. The predicted octanol–water partition coefficient (Wildman–Crippen LogP) is 1.88. The van der Waals surface area contributed by atoms with Crippen molar-refractivity contribution in [2.45, 2.75) is 6.92 Å². The number of nitrogens with zero attached hydrogens (tertiary/aromatic N) is 5. The van der Waals surface area contributed by atoms with Crippen molar-refractivity contribution in [3.8, 4) is 6.07 Å². The first kappa shape index (κ1) is 12.8. The van der Waals surface area contributed by atoms with Crippen LogP contribution >= 0.6 is 0 Å². The number of aryl methyl sites for hydroxylation is 1. The fourth-order valence-electron chi connectivity index (χ4n) is 1.61. The highest BCUT2D eigenvalue weighted by Gasteiger charge is 2.09. The van der Waals surface area contributed by atoms with Crippen molar-refractivity contribution in [3.63, 3.8) is 0 Å². The fraction of sp³-hybridized carbons (Fsp3) is 0.231. The molecule has 2 rings (SSSR count). The summed E-state index contributed by atoms with van der Waals surface area (Å²) < 4.78 is 0. The van der Waals surface area contributed by atoms with Gasteiger partial charge >= 0.3 is 0 Å². The molecule has 19 heavy (non-hydrogen) atoms. The Kier molecular flexibility index (Phi) is 3.88. The highest BCUT2D eigenvalue weighted by atomic mass is 15.2. The number of pyridine rings is 1. The topological polar surface area (TPSA) is 77.7 Å². The Morgan fingerprint density at radius 2 is 2.16 bits per heavy atom. The second kappa shape index (κ2) is 5.78. The Morgan fingerprint density at radius 1 is 1.32 bits per heavy atom. The van der Waals surface area contributed by atoms with Gasteiger partial charge in [-0.2, -0.15) is 5.26 Å². The largest absolute Gasteiger partial charge is 0.357 e. The van der Waals surface area contributed by atoms with Crippen LogP contribution in [0.25, 0.3) is 0 Å². The van der Waals surface area contributed by atoms with E-state index in [2.05, 4.69) is 20.3 Å². The Labute approximate surface area is 111 Å². The molecule has 0 saturated carbocycles. The highest BCUT2D eigenvalue weighted by molar-refractivity contribution is 5.58. The lowest BCUT2D eigenvalue weighted by molar-refractivity contribution is 0.996. The van der Waals surface area contributed by atoms with Gasteiger partial charge in [-0.15, -0.1) is 0 Å². The fourth-order valence-corrected chi connectivity index (χ4v) is 1.61. The molecular weight excluding hydrogens is 240 g/mol. The number of nitrogens with one attached hydrogen (secondary N) is 1. The zero-order chi connectivity index (χ0) is 13.7. The summed E-state index contributed by atoms with van der Waals surface area (Å²) in [5, 5.41) is 11.5. The minimum absolute atomic E-state index is 0.212. The van der Waals surface area contributed by atoms with Gasteiger partial charge in [0.1, 0.15) is 29.8 Å². The van der Waals surface area contributed by atoms with Crippen LogP contribution in [0.5, 0.6) is 0 Å². The van der Waals surface area contributed by atoms with E-state index in [9.17, 15) is 0 Å². The van der Waals surface area contributed by atoms with Crippen molar-refractivity contribution in [1.82, 2.24) is 15.0 Å². The number of rotatable bonds is 4. The van der Waals surface area contributed by atoms with Gasteiger partial charge < -0.3 is 10.2 Å². The second-order valence-electron chi connectivity index (χ2n) is 3.92. The van der Waals surface area contributed by atoms with E-state index in [1.165, 1.54) is 0 Å². The minimum Gasteiger partial charge on any atom is -0.357 e. The van der Waals surface area contributed by atoms with E-state index in [1.807, 2.05) is 43.1 Å². The highest BCUT2D eigenvalue weighted by Crippen LogP contribution is 2.21. The Bertz CT molecular complexity index is 590. The molecule has 0 aliphatic carbocycles. The van der Waals surface area contributed by atoms with Crippen LogP contribution in [0.2, 0.25) is 0 Å². The van der Waals surface area contributed by atoms with E-state index >= 15 is 0 Å². The first-order chi connectivity index (χ1) is 9.20. The van der Waals surface area contributed by atoms with Crippen molar-refractivity contribution in [3.05, 3.63) is 36.3 Å². The molecule has 0 bridgehead atoms. The molecule has 6 nitrogen and oxygen atoms in total. The van der Waals surface area contributed by atoms with E-state index < -0.39 is 0 Å². The summed E-state index contributed by atoms with van der Waals surface area (Å²) in [5.41, 5.74) is 0. The molecule has 0 unspecified atom stereocenters. The zero-order valence-corrected chi connectivity index (χ0v) is 10.8. The van der Waals surface area contributed by atoms with Gasteiger partial charge in [-0.1, -0.05) is 6.07 Å². The van der Waals surface area contributed by atoms with Crippen LogP contribution in [-0.4, -0.2) is 28.5 Å².